The normalized spacial score (nSPS) is 11.5. The van der Waals surface area contributed by atoms with Gasteiger partial charge in [0.15, 0.2) is 0 Å². The number of primary sulfonamides is 1. The van der Waals surface area contributed by atoms with E-state index in [4.69, 9.17) is 15.6 Å². The largest absolute Gasteiger partial charge is 0.492 e. The van der Waals surface area contributed by atoms with Gasteiger partial charge in [0.25, 0.3) is 0 Å². The van der Waals surface area contributed by atoms with Crippen LogP contribution in [0.1, 0.15) is 11.1 Å². The van der Waals surface area contributed by atoms with E-state index in [0.29, 0.717) is 30.0 Å². The van der Waals surface area contributed by atoms with Crippen molar-refractivity contribution in [2.45, 2.75) is 18.7 Å². The molecule has 1 aromatic rings. The van der Waals surface area contributed by atoms with Crippen molar-refractivity contribution < 1.29 is 13.2 Å². The van der Waals surface area contributed by atoms with Gasteiger partial charge in [-0.3, -0.25) is 0 Å². The van der Waals surface area contributed by atoms with Crippen LogP contribution in [-0.2, 0) is 10.0 Å². The molecule has 0 unspecified atom stereocenters. The molecule has 16 heavy (non-hydrogen) atoms. The van der Waals surface area contributed by atoms with E-state index in [0.717, 1.165) is 0 Å². The summed E-state index contributed by atoms with van der Waals surface area (Å²) in [6, 6.07) is 3.28. The summed E-state index contributed by atoms with van der Waals surface area (Å²) in [4.78, 5) is 0.160. The summed E-state index contributed by atoms with van der Waals surface area (Å²) in [5, 5.41) is 5.12. The molecular weight excluding hydrogens is 228 g/mol. The average Bonchev–Trinajstić information content (AvgIpc) is 2.11. The molecular formula is C10H16N2O3S. The van der Waals surface area contributed by atoms with E-state index < -0.39 is 10.0 Å². The van der Waals surface area contributed by atoms with E-state index in [2.05, 4.69) is 0 Å². The fourth-order valence-corrected chi connectivity index (χ4v) is 2.63. The molecule has 1 aromatic carbocycles. The maximum Gasteiger partial charge on any atom is 0.238 e. The molecule has 4 N–H and O–H groups in total. The molecule has 0 aliphatic carbocycles. The molecule has 0 aliphatic heterocycles. The van der Waals surface area contributed by atoms with Crippen LogP contribution in [0.2, 0.25) is 0 Å². The second-order valence-corrected chi connectivity index (χ2v) is 5.07. The molecule has 5 nitrogen and oxygen atoms in total. The van der Waals surface area contributed by atoms with Crippen LogP contribution in [-0.4, -0.2) is 21.6 Å². The number of sulfonamides is 1. The minimum absolute atomic E-state index is 0.160. The topological polar surface area (TPSA) is 95.4 Å². The van der Waals surface area contributed by atoms with E-state index in [-0.39, 0.29) is 4.90 Å². The van der Waals surface area contributed by atoms with Crippen LogP contribution in [0, 0.1) is 13.8 Å². The maximum atomic E-state index is 11.3. The highest BCUT2D eigenvalue weighted by atomic mass is 32.2. The fourth-order valence-electron chi connectivity index (χ4n) is 1.62. The molecule has 0 amide bonds. The van der Waals surface area contributed by atoms with Gasteiger partial charge in [0.2, 0.25) is 10.0 Å². The Balaban J connectivity index is 3.18. The molecule has 0 spiro atoms. The molecule has 1 rings (SSSR count). The number of hydrogen-bond acceptors (Lipinski definition) is 4. The Morgan fingerprint density at radius 1 is 1.25 bits per heavy atom. The van der Waals surface area contributed by atoms with Crippen LogP contribution in [0.5, 0.6) is 5.75 Å². The summed E-state index contributed by atoms with van der Waals surface area (Å²) in [5.74, 6) is 0.604. The van der Waals surface area contributed by atoms with Crippen molar-refractivity contribution in [1.29, 1.82) is 0 Å². The zero-order valence-electron chi connectivity index (χ0n) is 9.36. The van der Waals surface area contributed by atoms with Gasteiger partial charge >= 0.3 is 0 Å². The van der Waals surface area contributed by atoms with Crippen LogP contribution >= 0.6 is 0 Å². The first-order valence-electron chi connectivity index (χ1n) is 4.83. The molecule has 0 radical (unpaired) electrons. The van der Waals surface area contributed by atoms with E-state index in [1.165, 1.54) is 0 Å². The third kappa shape index (κ3) is 2.94. The van der Waals surface area contributed by atoms with Gasteiger partial charge in [0, 0.05) is 6.54 Å². The van der Waals surface area contributed by atoms with Crippen LogP contribution < -0.4 is 15.6 Å². The Labute approximate surface area is 95.4 Å². The predicted molar refractivity (Wildman–Crippen MR) is 61.8 cm³/mol. The van der Waals surface area contributed by atoms with Crippen molar-refractivity contribution in [3.63, 3.8) is 0 Å². The van der Waals surface area contributed by atoms with Gasteiger partial charge in [-0.15, -0.1) is 0 Å². The molecule has 0 fully saturated rings. The van der Waals surface area contributed by atoms with Crippen LogP contribution in [0.15, 0.2) is 17.0 Å². The van der Waals surface area contributed by atoms with Crippen molar-refractivity contribution in [3.05, 3.63) is 23.3 Å². The maximum absolute atomic E-state index is 11.3. The van der Waals surface area contributed by atoms with E-state index in [9.17, 15) is 8.42 Å². The van der Waals surface area contributed by atoms with Crippen LogP contribution in [0.4, 0.5) is 0 Å². The standard InChI is InChI=1S/C10H16N2O3S/c1-7-5-9(15-4-3-11)6-8(2)10(7)16(12,13)14/h5-6H,3-4,11H2,1-2H3,(H2,12,13,14). The smallest absolute Gasteiger partial charge is 0.238 e. The highest BCUT2D eigenvalue weighted by Gasteiger charge is 2.15. The third-order valence-electron chi connectivity index (χ3n) is 2.10. The molecule has 0 saturated carbocycles. The Bertz CT molecular complexity index is 460. The second kappa shape index (κ2) is 4.82. The first-order chi connectivity index (χ1) is 7.36. The highest BCUT2D eigenvalue weighted by molar-refractivity contribution is 7.89. The number of hydrogen-bond donors (Lipinski definition) is 2. The number of rotatable bonds is 4. The molecule has 0 saturated heterocycles. The van der Waals surface area contributed by atoms with Crippen LogP contribution in [0.25, 0.3) is 0 Å². The lowest BCUT2D eigenvalue weighted by molar-refractivity contribution is 0.327. The fraction of sp³-hybridized carbons (Fsp3) is 0.400. The Hall–Kier alpha value is -1.11. The van der Waals surface area contributed by atoms with Gasteiger partial charge in [-0.25, -0.2) is 13.6 Å². The lowest BCUT2D eigenvalue weighted by atomic mass is 10.1. The van der Waals surface area contributed by atoms with Crippen molar-refractivity contribution in [2.75, 3.05) is 13.2 Å². The van der Waals surface area contributed by atoms with Crippen molar-refractivity contribution in [2.24, 2.45) is 10.9 Å². The molecule has 6 heteroatoms. The first kappa shape index (κ1) is 13.0. The molecule has 0 aromatic heterocycles. The van der Waals surface area contributed by atoms with Crippen molar-refractivity contribution in [3.8, 4) is 5.75 Å². The molecule has 90 valence electrons. The predicted octanol–water partition coefficient (Wildman–Crippen LogP) is 0.288. The summed E-state index contributed by atoms with van der Waals surface area (Å²) < 4.78 is 28.0. The molecule has 0 bridgehead atoms. The van der Waals surface area contributed by atoms with Crippen LogP contribution in [0.3, 0.4) is 0 Å². The number of ether oxygens (including phenoxy) is 1. The quantitative estimate of drug-likeness (QED) is 0.795. The summed E-state index contributed by atoms with van der Waals surface area (Å²) >= 11 is 0. The van der Waals surface area contributed by atoms with Gasteiger partial charge in [-0.1, -0.05) is 0 Å². The second-order valence-electron chi connectivity index (χ2n) is 3.57. The van der Waals surface area contributed by atoms with E-state index in [1.807, 2.05) is 0 Å². The Morgan fingerprint density at radius 3 is 2.12 bits per heavy atom. The minimum atomic E-state index is -3.68. The zero-order chi connectivity index (χ0) is 12.3. The summed E-state index contributed by atoms with van der Waals surface area (Å²) in [7, 11) is -3.68. The number of benzene rings is 1. The number of aryl methyl sites for hydroxylation is 2. The van der Waals surface area contributed by atoms with Gasteiger partial charge in [-0.05, 0) is 37.1 Å². The Morgan fingerprint density at radius 2 is 1.75 bits per heavy atom. The molecule has 0 atom stereocenters. The SMILES string of the molecule is Cc1cc(OCCN)cc(C)c1S(N)(=O)=O. The highest BCUT2D eigenvalue weighted by Crippen LogP contribution is 2.24. The lowest BCUT2D eigenvalue weighted by Gasteiger charge is -2.11. The zero-order valence-corrected chi connectivity index (χ0v) is 10.2. The summed E-state index contributed by atoms with van der Waals surface area (Å²) in [6.07, 6.45) is 0. The summed E-state index contributed by atoms with van der Waals surface area (Å²) in [5.41, 5.74) is 6.47. The summed E-state index contributed by atoms with van der Waals surface area (Å²) in [6.45, 7) is 4.17. The van der Waals surface area contributed by atoms with Gasteiger partial charge < -0.3 is 10.5 Å². The van der Waals surface area contributed by atoms with E-state index in [1.54, 1.807) is 26.0 Å². The van der Waals surface area contributed by atoms with Gasteiger partial charge in [0.1, 0.15) is 12.4 Å². The number of nitrogens with two attached hydrogens (primary N) is 2. The first-order valence-corrected chi connectivity index (χ1v) is 6.38. The molecule has 0 heterocycles. The Kier molecular flexibility index (Phi) is 3.90. The monoisotopic (exact) mass is 244 g/mol. The lowest BCUT2D eigenvalue weighted by Crippen LogP contribution is -2.16. The van der Waals surface area contributed by atoms with Gasteiger partial charge in [-0.2, -0.15) is 0 Å². The van der Waals surface area contributed by atoms with Gasteiger partial charge in [0.05, 0.1) is 4.90 Å². The third-order valence-corrected chi connectivity index (χ3v) is 3.32. The average molecular weight is 244 g/mol. The van der Waals surface area contributed by atoms with Crippen molar-refractivity contribution >= 4 is 10.0 Å². The van der Waals surface area contributed by atoms with Crippen molar-refractivity contribution in [1.82, 2.24) is 0 Å². The molecule has 0 aliphatic rings. The minimum Gasteiger partial charge on any atom is -0.492 e. The van der Waals surface area contributed by atoms with E-state index >= 15 is 0 Å².